The fraction of sp³-hybridized carbons (Fsp3) is 0.350. The van der Waals surface area contributed by atoms with Crippen molar-refractivity contribution in [2.75, 3.05) is 23.3 Å². The zero-order valence-electron chi connectivity index (χ0n) is 16.1. The summed E-state index contributed by atoms with van der Waals surface area (Å²) in [5.41, 5.74) is 1.98. The Kier molecular flexibility index (Phi) is 4.05. The summed E-state index contributed by atoms with van der Waals surface area (Å²) in [6.45, 7) is 2.99. The summed E-state index contributed by atoms with van der Waals surface area (Å²) in [5.74, 6) is 2.10. The van der Waals surface area contributed by atoms with Crippen LogP contribution in [-0.4, -0.2) is 37.9 Å². The Bertz CT molecular complexity index is 1270. The Balaban J connectivity index is 1.36. The molecule has 2 aliphatic heterocycles. The first kappa shape index (κ1) is 17.6. The molecule has 0 aliphatic carbocycles. The van der Waals surface area contributed by atoms with Gasteiger partial charge < -0.3 is 14.8 Å². The monoisotopic (exact) mass is 421 g/mol. The van der Waals surface area contributed by atoms with E-state index in [0.29, 0.717) is 29.6 Å². The maximum Gasteiger partial charge on any atom is 0.250 e. The van der Waals surface area contributed by atoms with E-state index in [9.17, 15) is 4.79 Å². The van der Waals surface area contributed by atoms with Gasteiger partial charge in [0.15, 0.2) is 11.6 Å². The molecular weight excluding hydrogens is 402 g/mol. The molecule has 0 spiro atoms. The van der Waals surface area contributed by atoms with Gasteiger partial charge in [0.25, 0.3) is 5.56 Å². The molecule has 152 valence electrons. The van der Waals surface area contributed by atoms with E-state index in [0.717, 1.165) is 37.6 Å². The number of hydrogen-bond donors (Lipinski definition) is 1. The van der Waals surface area contributed by atoms with E-state index in [1.54, 1.807) is 17.4 Å². The molecule has 0 amide bonds. The highest BCUT2D eigenvalue weighted by molar-refractivity contribution is 7.09. The average Bonchev–Trinajstić information content (AvgIpc) is 3.43. The molecule has 6 rings (SSSR count). The van der Waals surface area contributed by atoms with E-state index in [2.05, 4.69) is 43.0 Å². The maximum atomic E-state index is 12.3. The molecule has 1 fully saturated rings. The van der Waals surface area contributed by atoms with Crippen molar-refractivity contribution in [3.8, 4) is 0 Å². The molecule has 2 atom stereocenters. The first-order valence-electron chi connectivity index (χ1n) is 9.96. The fourth-order valence-electron chi connectivity index (χ4n) is 4.62. The molecule has 1 N–H and O–H groups in total. The number of thiophene rings is 1. The lowest BCUT2D eigenvalue weighted by Crippen LogP contribution is -2.47. The zero-order valence-corrected chi connectivity index (χ0v) is 16.9. The van der Waals surface area contributed by atoms with Gasteiger partial charge in [0.1, 0.15) is 0 Å². The molecular formula is C20H19N7O2S. The van der Waals surface area contributed by atoms with Crippen LogP contribution in [0, 0.1) is 5.92 Å². The van der Waals surface area contributed by atoms with Crippen molar-refractivity contribution in [3.05, 3.63) is 56.6 Å². The molecule has 1 saturated heterocycles. The Morgan fingerprint density at radius 1 is 1.10 bits per heavy atom. The van der Waals surface area contributed by atoms with E-state index < -0.39 is 0 Å². The number of pyridine rings is 1. The van der Waals surface area contributed by atoms with E-state index in [-0.39, 0.29) is 11.5 Å². The van der Waals surface area contributed by atoms with Crippen molar-refractivity contribution in [1.82, 2.24) is 24.8 Å². The van der Waals surface area contributed by atoms with Crippen molar-refractivity contribution >= 4 is 34.3 Å². The van der Waals surface area contributed by atoms with E-state index in [4.69, 9.17) is 9.61 Å². The smallest absolute Gasteiger partial charge is 0.250 e. The van der Waals surface area contributed by atoms with Crippen LogP contribution in [0.5, 0.6) is 0 Å². The fourth-order valence-corrected chi connectivity index (χ4v) is 5.27. The minimum absolute atomic E-state index is 0.0869. The van der Waals surface area contributed by atoms with Gasteiger partial charge in [0.2, 0.25) is 11.3 Å². The summed E-state index contributed by atoms with van der Waals surface area (Å²) in [7, 11) is 0. The van der Waals surface area contributed by atoms with Crippen LogP contribution < -0.4 is 15.8 Å². The molecule has 2 unspecified atom stereocenters. The quantitative estimate of drug-likeness (QED) is 0.536. The summed E-state index contributed by atoms with van der Waals surface area (Å²) < 4.78 is 6.77. The average molecular weight is 421 g/mol. The van der Waals surface area contributed by atoms with E-state index in [1.165, 1.54) is 4.88 Å². The highest BCUT2D eigenvalue weighted by atomic mass is 32.1. The summed E-state index contributed by atoms with van der Waals surface area (Å²) in [4.78, 5) is 25.1. The SMILES string of the molecule is O=c1cccc2n1CC1CC2CN(c2nc3nonc3nc2NCc2cccs2)C1. The first-order chi connectivity index (χ1) is 14.7. The van der Waals surface area contributed by atoms with Crippen LogP contribution in [0.4, 0.5) is 11.6 Å². The summed E-state index contributed by atoms with van der Waals surface area (Å²) in [6, 6.07) is 9.68. The third kappa shape index (κ3) is 2.95. The topological polar surface area (TPSA) is 102 Å². The molecule has 2 bridgehead atoms. The normalized spacial score (nSPS) is 20.3. The van der Waals surface area contributed by atoms with Crippen molar-refractivity contribution in [3.63, 3.8) is 0 Å². The van der Waals surface area contributed by atoms with Crippen molar-refractivity contribution in [2.45, 2.75) is 25.4 Å². The highest BCUT2D eigenvalue weighted by Crippen LogP contribution is 2.38. The second-order valence-corrected chi connectivity index (χ2v) is 8.88. The standard InChI is InChI=1S/C20H19N7O2S/c28-16-5-1-4-15-13-7-12(10-27(15)16)9-26(11-13)20-19(21-8-14-3-2-6-30-14)22-17-18(23-20)25-29-24-17/h1-6,12-13H,7-11H2,(H,21,22,24). The lowest BCUT2D eigenvalue weighted by molar-refractivity contribution is 0.280. The van der Waals surface area contributed by atoms with Gasteiger partial charge in [-0.05, 0) is 40.2 Å². The molecule has 4 aromatic heterocycles. The van der Waals surface area contributed by atoms with E-state index in [1.807, 2.05) is 16.7 Å². The van der Waals surface area contributed by atoms with Crippen molar-refractivity contribution in [2.24, 2.45) is 5.92 Å². The van der Waals surface area contributed by atoms with Crippen LogP contribution in [0.15, 0.2) is 45.1 Å². The van der Waals surface area contributed by atoms with Gasteiger partial charge in [-0.25, -0.2) is 14.6 Å². The minimum Gasteiger partial charge on any atom is -0.362 e. The summed E-state index contributed by atoms with van der Waals surface area (Å²) in [5, 5.41) is 13.2. The van der Waals surface area contributed by atoms with Crippen molar-refractivity contribution < 1.29 is 4.63 Å². The number of anilines is 2. The van der Waals surface area contributed by atoms with Crippen LogP contribution >= 0.6 is 11.3 Å². The lowest BCUT2D eigenvalue weighted by atomic mass is 9.83. The number of fused-ring (bicyclic) bond motifs is 5. The third-order valence-electron chi connectivity index (χ3n) is 5.89. The van der Waals surface area contributed by atoms with Gasteiger partial charge >= 0.3 is 0 Å². The Hall–Kier alpha value is -3.27. The number of nitrogens with one attached hydrogen (secondary N) is 1. The van der Waals surface area contributed by atoms with Gasteiger partial charge in [-0.3, -0.25) is 4.79 Å². The van der Waals surface area contributed by atoms with Gasteiger partial charge in [0, 0.05) is 42.2 Å². The number of nitrogens with zero attached hydrogens (tertiary/aromatic N) is 6. The molecule has 30 heavy (non-hydrogen) atoms. The lowest BCUT2D eigenvalue weighted by Gasteiger charge is -2.43. The summed E-state index contributed by atoms with van der Waals surface area (Å²) in [6.07, 6.45) is 1.08. The molecule has 6 heterocycles. The van der Waals surface area contributed by atoms with Gasteiger partial charge in [-0.1, -0.05) is 12.1 Å². The predicted molar refractivity (Wildman–Crippen MR) is 113 cm³/mol. The molecule has 4 aromatic rings. The van der Waals surface area contributed by atoms with Gasteiger partial charge in [0.05, 0.1) is 6.54 Å². The first-order valence-corrected chi connectivity index (χ1v) is 10.8. The van der Waals surface area contributed by atoms with Crippen LogP contribution in [0.1, 0.15) is 22.9 Å². The van der Waals surface area contributed by atoms with Crippen LogP contribution in [0.2, 0.25) is 0 Å². The third-order valence-corrected chi connectivity index (χ3v) is 6.76. The number of aromatic nitrogens is 5. The van der Waals surface area contributed by atoms with Crippen LogP contribution in [-0.2, 0) is 13.1 Å². The predicted octanol–water partition coefficient (Wildman–Crippen LogP) is 2.47. The number of hydrogen-bond acceptors (Lipinski definition) is 9. The molecule has 9 nitrogen and oxygen atoms in total. The number of piperidine rings is 1. The number of rotatable bonds is 4. The molecule has 0 saturated carbocycles. The largest absolute Gasteiger partial charge is 0.362 e. The molecule has 0 aromatic carbocycles. The Morgan fingerprint density at radius 2 is 2.00 bits per heavy atom. The zero-order chi connectivity index (χ0) is 20.1. The van der Waals surface area contributed by atoms with Gasteiger partial charge in [-0.15, -0.1) is 11.3 Å². The molecule has 2 aliphatic rings. The molecule has 10 heteroatoms. The second-order valence-electron chi connectivity index (χ2n) is 7.84. The summed E-state index contributed by atoms with van der Waals surface area (Å²) >= 11 is 1.69. The molecule has 0 radical (unpaired) electrons. The Morgan fingerprint density at radius 3 is 2.87 bits per heavy atom. The maximum absolute atomic E-state index is 12.3. The van der Waals surface area contributed by atoms with Crippen LogP contribution in [0.25, 0.3) is 11.3 Å². The Labute approximate surface area is 175 Å². The highest BCUT2D eigenvalue weighted by Gasteiger charge is 2.36. The second kappa shape index (κ2) is 6.91. The minimum atomic E-state index is 0.0869. The van der Waals surface area contributed by atoms with Gasteiger partial charge in [-0.2, -0.15) is 0 Å². The van der Waals surface area contributed by atoms with Crippen LogP contribution in [0.3, 0.4) is 0 Å². The van der Waals surface area contributed by atoms with E-state index >= 15 is 0 Å². The van der Waals surface area contributed by atoms with Crippen molar-refractivity contribution in [1.29, 1.82) is 0 Å².